The van der Waals surface area contributed by atoms with Gasteiger partial charge in [-0.05, 0) is 53.4 Å². The molecule has 0 radical (unpaired) electrons. The summed E-state index contributed by atoms with van der Waals surface area (Å²) in [5.74, 6) is 0.424. The summed E-state index contributed by atoms with van der Waals surface area (Å²) in [6.45, 7) is 14.5. The van der Waals surface area contributed by atoms with E-state index in [1.165, 1.54) is 0 Å². The number of nitrogens with zero attached hydrogens (tertiary/aromatic N) is 1. The molecule has 0 aromatic carbocycles. The maximum absolute atomic E-state index is 12.7. The van der Waals surface area contributed by atoms with Crippen LogP contribution in [-0.2, 0) is 14.2 Å². The monoisotopic (exact) mass is 345 g/mol. The molecule has 1 heterocycles. The first kappa shape index (κ1) is 21.2. The summed E-state index contributed by atoms with van der Waals surface area (Å²) in [6.07, 6.45) is 0.868. The van der Waals surface area contributed by atoms with Crippen LogP contribution in [0.25, 0.3) is 0 Å². The van der Waals surface area contributed by atoms with Crippen molar-refractivity contribution in [3.63, 3.8) is 0 Å². The van der Waals surface area contributed by atoms with Crippen LogP contribution in [0, 0.1) is 5.92 Å². The van der Waals surface area contributed by atoms with Gasteiger partial charge in [0, 0.05) is 13.2 Å². The molecular weight excluding hydrogens is 310 g/mol. The molecule has 0 saturated carbocycles. The van der Waals surface area contributed by atoms with Crippen LogP contribution in [0.4, 0.5) is 4.79 Å². The van der Waals surface area contributed by atoms with Crippen LogP contribution < -0.4 is 0 Å². The fraction of sp³-hybridized carbons (Fsp3) is 0.944. The maximum Gasteiger partial charge on any atom is 0.412 e. The molecule has 0 spiro atoms. The minimum atomic E-state index is -0.734. The second-order valence-electron chi connectivity index (χ2n) is 8.29. The Kier molecular flexibility index (Phi) is 7.50. The van der Waals surface area contributed by atoms with Crippen molar-refractivity contribution in [2.75, 3.05) is 19.8 Å². The molecule has 6 nitrogen and oxygen atoms in total. The third-order valence-corrected chi connectivity index (χ3v) is 3.88. The fourth-order valence-electron chi connectivity index (χ4n) is 2.87. The highest BCUT2D eigenvalue weighted by Gasteiger charge is 2.48. The minimum Gasteiger partial charge on any atom is -0.444 e. The molecule has 6 heteroatoms. The van der Waals surface area contributed by atoms with Crippen LogP contribution in [0.15, 0.2) is 0 Å². The predicted octanol–water partition coefficient (Wildman–Crippen LogP) is 3.17. The maximum atomic E-state index is 12.7. The van der Waals surface area contributed by atoms with Crippen molar-refractivity contribution >= 4 is 6.09 Å². The zero-order valence-electron chi connectivity index (χ0n) is 16.3. The van der Waals surface area contributed by atoms with E-state index in [1.807, 2.05) is 34.6 Å². The van der Waals surface area contributed by atoms with E-state index in [0.29, 0.717) is 25.6 Å². The molecule has 2 atom stereocenters. The number of hydrogen-bond donors (Lipinski definition) is 1. The standard InChI is InChI=1S/C18H35NO5/c1-13(2)11-15(22-10-8-9-20)14-12-23-18(6,7)19(14)16(21)24-17(3,4)5/h13-15,20H,8-12H2,1-7H3/t14-,15?/m0/s1. The van der Waals surface area contributed by atoms with Gasteiger partial charge in [-0.25, -0.2) is 4.79 Å². The number of aliphatic hydroxyl groups excluding tert-OH is 1. The van der Waals surface area contributed by atoms with E-state index in [1.54, 1.807) is 4.90 Å². The summed E-state index contributed by atoms with van der Waals surface area (Å²) in [6, 6.07) is -0.198. The van der Waals surface area contributed by atoms with E-state index in [2.05, 4.69) is 13.8 Å². The molecule has 0 aromatic heterocycles. The quantitative estimate of drug-likeness (QED) is 0.718. The Morgan fingerprint density at radius 3 is 2.50 bits per heavy atom. The van der Waals surface area contributed by atoms with Crippen LogP contribution in [0.5, 0.6) is 0 Å². The van der Waals surface area contributed by atoms with Crippen LogP contribution >= 0.6 is 0 Å². The zero-order valence-corrected chi connectivity index (χ0v) is 16.3. The number of amides is 1. The summed E-state index contributed by atoms with van der Waals surface area (Å²) in [7, 11) is 0. The highest BCUT2D eigenvalue weighted by Crippen LogP contribution is 2.33. The van der Waals surface area contributed by atoms with Crippen LogP contribution in [-0.4, -0.2) is 59.4 Å². The third-order valence-electron chi connectivity index (χ3n) is 3.88. The SMILES string of the molecule is CC(C)CC(OCCCO)[C@@H]1COC(C)(C)N1C(=O)OC(C)(C)C. The molecule has 1 saturated heterocycles. The number of hydrogen-bond acceptors (Lipinski definition) is 5. The number of rotatable bonds is 7. The fourth-order valence-corrected chi connectivity index (χ4v) is 2.87. The second kappa shape index (κ2) is 8.50. The Hall–Kier alpha value is -0.850. The van der Waals surface area contributed by atoms with E-state index in [4.69, 9.17) is 19.3 Å². The lowest BCUT2D eigenvalue weighted by molar-refractivity contribution is -0.0748. The van der Waals surface area contributed by atoms with Gasteiger partial charge in [-0.2, -0.15) is 0 Å². The molecule has 1 aliphatic rings. The van der Waals surface area contributed by atoms with Crippen molar-refractivity contribution in [1.29, 1.82) is 0 Å². The Bertz CT molecular complexity index is 403. The Balaban J connectivity index is 2.95. The van der Waals surface area contributed by atoms with Gasteiger partial charge in [0.25, 0.3) is 0 Å². The van der Waals surface area contributed by atoms with Gasteiger partial charge in [-0.1, -0.05) is 13.8 Å². The van der Waals surface area contributed by atoms with Crippen molar-refractivity contribution < 1.29 is 24.1 Å². The topological polar surface area (TPSA) is 68.2 Å². The smallest absolute Gasteiger partial charge is 0.412 e. The average molecular weight is 345 g/mol. The first-order valence-electron chi connectivity index (χ1n) is 8.86. The summed E-state index contributed by atoms with van der Waals surface area (Å²) in [5, 5.41) is 8.99. The van der Waals surface area contributed by atoms with Gasteiger partial charge in [-0.15, -0.1) is 0 Å². The molecule has 1 N–H and O–H groups in total. The first-order chi connectivity index (χ1) is 11.0. The van der Waals surface area contributed by atoms with Crippen molar-refractivity contribution in [2.24, 2.45) is 5.92 Å². The lowest BCUT2D eigenvalue weighted by Crippen LogP contribution is -2.54. The van der Waals surface area contributed by atoms with Gasteiger partial charge in [0.1, 0.15) is 11.3 Å². The molecule has 1 amide bonds. The molecule has 1 unspecified atom stereocenters. The molecule has 1 rings (SSSR count). The van der Waals surface area contributed by atoms with Crippen LogP contribution in [0.1, 0.15) is 61.3 Å². The summed E-state index contributed by atoms with van der Waals surface area (Å²) < 4.78 is 17.4. The van der Waals surface area contributed by atoms with Gasteiger partial charge in [-0.3, -0.25) is 4.90 Å². The molecule has 0 aromatic rings. The molecule has 1 fully saturated rings. The summed E-state index contributed by atoms with van der Waals surface area (Å²) >= 11 is 0. The van der Waals surface area contributed by atoms with Gasteiger partial charge < -0.3 is 19.3 Å². The van der Waals surface area contributed by atoms with Crippen LogP contribution in [0.3, 0.4) is 0 Å². The largest absolute Gasteiger partial charge is 0.444 e. The number of aliphatic hydroxyl groups is 1. The minimum absolute atomic E-state index is 0.0941. The highest BCUT2D eigenvalue weighted by atomic mass is 16.6. The first-order valence-corrected chi connectivity index (χ1v) is 8.86. The van der Waals surface area contributed by atoms with E-state index in [-0.39, 0.29) is 24.8 Å². The van der Waals surface area contributed by atoms with Crippen molar-refractivity contribution in [2.45, 2.75) is 84.8 Å². The van der Waals surface area contributed by atoms with Gasteiger partial charge >= 0.3 is 6.09 Å². The van der Waals surface area contributed by atoms with Crippen molar-refractivity contribution in [3.8, 4) is 0 Å². The molecule has 142 valence electrons. The van der Waals surface area contributed by atoms with E-state index >= 15 is 0 Å². The number of carbonyl (C=O) groups is 1. The molecule has 0 bridgehead atoms. The van der Waals surface area contributed by atoms with E-state index in [0.717, 1.165) is 6.42 Å². The third kappa shape index (κ3) is 6.22. The molecule has 1 aliphatic heterocycles. The zero-order chi connectivity index (χ0) is 18.5. The molecule has 24 heavy (non-hydrogen) atoms. The normalized spacial score (nSPS) is 22.0. The molecular formula is C18H35NO5. The average Bonchev–Trinajstić information content (AvgIpc) is 2.71. The van der Waals surface area contributed by atoms with Crippen LogP contribution in [0.2, 0.25) is 0 Å². The predicted molar refractivity (Wildman–Crippen MR) is 92.8 cm³/mol. The van der Waals surface area contributed by atoms with Gasteiger partial charge in [0.2, 0.25) is 0 Å². The van der Waals surface area contributed by atoms with Crippen molar-refractivity contribution in [3.05, 3.63) is 0 Å². The Labute approximate surface area is 146 Å². The highest BCUT2D eigenvalue weighted by molar-refractivity contribution is 5.69. The summed E-state index contributed by atoms with van der Waals surface area (Å²) in [5.41, 5.74) is -1.30. The van der Waals surface area contributed by atoms with Gasteiger partial charge in [0.15, 0.2) is 0 Å². The second-order valence-corrected chi connectivity index (χ2v) is 8.29. The Morgan fingerprint density at radius 1 is 1.38 bits per heavy atom. The van der Waals surface area contributed by atoms with E-state index < -0.39 is 11.3 Å². The number of carbonyl (C=O) groups excluding carboxylic acids is 1. The van der Waals surface area contributed by atoms with Crippen molar-refractivity contribution in [1.82, 2.24) is 4.90 Å². The lowest BCUT2D eigenvalue weighted by atomic mass is 9.99. The Morgan fingerprint density at radius 2 is 2.00 bits per heavy atom. The number of ether oxygens (including phenoxy) is 3. The van der Waals surface area contributed by atoms with Gasteiger partial charge in [0.05, 0.1) is 18.8 Å². The lowest BCUT2D eigenvalue weighted by Gasteiger charge is -2.38. The summed E-state index contributed by atoms with van der Waals surface area (Å²) in [4.78, 5) is 14.4. The molecule has 0 aliphatic carbocycles. The van der Waals surface area contributed by atoms with E-state index in [9.17, 15) is 4.79 Å².